The minimum Gasteiger partial charge on any atom is -0.497 e. The minimum absolute atomic E-state index is 0.134. The highest BCUT2D eigenvalue weighted by Gasteiger charge is 2.29. The zero-order chi connectivity index (χ0) is 12.3. The van der Waals surface area contributed by atoms with E-state index in [1.54, 1.807) is 12.1 Å². The summed E-state index contributed by atoms with van der Waals surface area (Å²) in [5.41, 5.74) is 0.134. The third kappa shape index (κ3) is 2.70. The van der Waals surface area contributed by atoms with Crippen LogP contribution >= 0.6 is 15.9 Å². The Kier molecular flexibility index (Phi) is 4.26. The molecule has 0 bridgehead atoms. The van der Waals surface area contributed by atoms with Gasteiger partial charge < -0.3 is 14.9 Å². The fraction of sp³-hybridized carbons (Fsp3) is 0.300. The summed E-state index contributed by atoms with van der Waals surface area (Å²) in [6.07, 6.45) is -4.11. The van der Waals surface area contributed by atoms with Crippen LogP contribution in [0.2, 0.25) is 0 Å². The number of alkyl halides is 1. The Morgan fingerprint density at radius 1 is 1.56 bits per heavy atom. The van der Waals surface area contributed by atoms with Crippen LogP contribution in [0.3, 0.4) is 0 Å². The van der Waals surface area contributed by atoms with E-state index in [0.29, 0.717) is 10.2 Å². The number of benzene rings is 1. The first-order chi connectivity index (χ1) is 7.47. The molecule has 2 unspecified atom stereocenters. The summed E-state index contributed by atoms with van der Waals surface area (Å²) in [7, 11) is 1.42. The molecule has 0 saturated heterocycles. The van der Waals surface area contributed by atoms with Gasteiger partial charge in [0.2, 0.25) is 6.17 Å². The van der Waals surface area contributed by atoms with Gasteiger partial charge >= 0.3 is 5.97 Å². The molecule has 0 aliphatic heterocycles. The molecule has 0 saturated carbocycles. The van der Waals surface area contributed by atoms with Crippen LogP contribution in [-0.2, 0) is 4.79 Å². The van der Waals surface area contributed by atoms with E-state index in [0.717, 1.165) is 0 Å². The number of halogens is 2. The third-order valence-electron chi connectivity index (χ3n) is 2.03. The Bertz CT molecular complexity index is 396. The normalized spacial score (nSPS) is 14.2. The summed E-state index contributed by atoms with van der Waals surface area (Å²) >= 11 is 3.10. The second kappa shape index (κ2) is 5.27. The maximum Gasteiger partial charge on any atom is 0.341 e. The highest BCUT2D eigenvalue weighted by molar-refractivity contribution is 9.10. The number of rotatable bonds is 4. The number of carbonyl (C=O) groups is 1. The van der Waals surface area contributed by atoms with Crippen molar-refractivity contribution in [2.24, 2.45) is 0 Å². The molecule has 0 amide bonds. The van der Waals surface area contributed by atoms with E-state index >= 15 is 0 Å². The molecule has 1 rings (SSSR count). The fourth-order valence-corrected chi connectivity index (χ4v) is 1.65. The predicted octanol–water partition coefficient (Wildman–Crippen LogP) is 1.91. The van der Waals surface area contributed by atoms with Crippen LogP contribution in [0, 0.1) is 0 Å². The van der Waals surface area contributed by atoms with Crippen LogP contribution < -0.4 is 4.74 Å². The van der Waals surface area contributed by atoms with E-state index in [2.05, 4.69) is 15.9 Å². The van der Waals surface area contributed by atoms with Gasteiger partial charge in [-0.15, -0.1) is 0 Å². The van der Waals surface area contributed by atoms with Crippen LogP contribution in [-0.4, -0.2) is 29.5 Å². The van der Waals surface area contributed by atoms with Crippen LogP contribution in [0.15, 0.2) is 22.7 Å². The molecule has 2 N–H and O–H groups in total. The van der Waals surface area contributed by atoms with Crippen molar-refractivity contribution < 1.29 is 24.1 Å². The van der Waals surface area contributed by atoms with Crippen molar-refractivity contribution in [3.05, 3.63) is 28.2 Å². The van der Waals surface area contributed by atoms with Gasteiger partial charge in [-0.2, -0.15) is 0 Å². The zero-order valence-electron chi connectivity index (χ0n) is 8.35. The molecule has 0 radical (unpaired) electrons. The van der Waals surface area contributed by atoms with E-state index in [4.69, 9.17) is 9.84 Å². The molecule has 4 nitrogen and oxygen atoms in total. The number of hydrogen-bond acceptors (Lipinski definition) is 3. The molecule has 0 heterocycles. The maximum atomic E-state index is 13.1. The Labute approximate surface area is 99.8 Å². The number of hydrogen-bond donors (Lipinski definition) is 2. The molecule has 88 valence electrons. The number of ether oxygens (including phenoxy) is 1. The second-order valence-electron chi connectivity index (χ2n) is 3.07. The van der Waals surface area contributed by atoms with Gasteiger partial charge in [-0.1, -0.05) is 15.9 Å². The molecular weight excluding hydrogens is 283 g/mol. The molecule has 0 aliphatic rings. The van der Waals surface area contributed by atoms with Gasteiger partial charge in [-0.3, -0.25) is 0 Å². The maximum absolute atomic E-state index is 13.1. The topological polar surface area (TPSA) is 66.8 Å². The molecule has 1 aromatic rings. The van der Waals surface area contributed by atoms with E-state index in [9.17, 15) is 14.3 Å². The Hall–Kier alpha value is -1.14. The van der Waals surface area contributed by atoms with E-state index in [1.165, 1.54) is 13.2 Å². The van der Waals surface area contributed by atoms with Crippen LogP contribution in [0.25, 0.3) is 0 Å². The summed E-state index contributed by atoms with van der Waals surface area (Å²) < 4.78 is 18.4. The first kappa shape index (κ1) is 12.9. The minimum atomic E-state index is -2.37. The van der Waals surface area contributed by atoms with Crippen LogP contribution in [0.5, 0.6) is 5.75 Å². The van der Waals surface area contributed by atoms with Crippen molar-refractivity contribution in [3.63, 3.8) is 0 Å². The number of carboxylic acids is 1. The molecule has 0 aromatic heterocycles. The summed E-state index contributed by atoms with van der Waals surface area (Å²) in [4.78, 5) is 10.4. The van der Waals surface area contributed by atoms with E-state index in [1.807, 2.05) is 0 Å². The van der Waals surface area contributed by atoms with Gasteiger partial charge in [0.05, 0.1) is 7.11 Å². The van der Waals surface area contributed by atoms with Gasteiger partial charge in [0.15, 0.2) is 0 Å². The molecule has 0 fully saturated rings. The van der Waals surface area contributed by atoms with Crippen molar-refractivity contribution in [1.82, 2.24) is 0 Å². The molecule has 1 aromatic carbocycles. The SMILES string of the molecule is COc1ccc(Br)c(C(O)C(F)C(=O)O)c1. The van der Waals surface area contributed by atoms with E-state index < -0.39 is 18.2 Å². The molecule has 6 heteroatoms. The van der Waals surface area contributed by atoms with Gasteiger partial charge in [0, 0.05) is 10.0 Å². The van der Waals surface area contributed by atoms with Crippen LogP contribution in [0.1, 0.15) is 11.7 Å². The highest BCUT2D eigenvalue weighted by atomic mass is 79.9. The van der Waals surface area contributed by atoms with Gasteiger partial charge in [-0.25, -0.2) is 9.18 Å². The number of aliphatic carboxylic acids is 1. The molecule has 0 aliphatic carbocycles. The smallest absolute Gasteiger partial charge is 0.341 e. The lowest BCUT2D eigenvalue weighted by Gasteiger charge is -2.15. The third-order valence-corrected chi connectivity index (χ3v) is 2.76. The molecule has 0 spiro atoms. The zero-order valence-corrected chi connectivity index (χ0v) is 9.94. The monoisotopic (exact) mass is 292 g/mol. The molecule has 16 heavy (non-hydrogen) atoms. The first-order valence-electron chi connectivity index (χ1n) is 4.35. The van der Waals surface area contributed by atoms with Crippen LogP contribution in [0.4, 0.5) is 4.39 Å². The number of carboxylic acid groups (broad SMARTS) is 1. The average molecular weight is 293 g/mol. The lowest BCUT2D eigenvalue weighted by Crippen LogP contribution is -2.23. The fourth-order valence-electron chi connectivity index (χ4n) is 1.17. The van der Waals surface area contributed by atoms with Gasteiger partial charge in [-0.05, 0) is 18.2 Å². The quantitative estimate of drug-likeness (QED) is 0.890. The van der Waals surface area contributed by atoms with Gasteiger partial charge in [0.25, 0.3) is 0 Å². The first-order valence-corrected chi connectivity index (χ1v) is 5.15. The summed E-state index contributed by atoms with van der Waals surface area (Å²) in [6, 6.07) is 4.53. The second-order valence-corrected chi connectivity index (χ2v) is 3.93. The molecule has 2 atom stereocenters. The van der Waals surface area contributed by atoms with Crippen molar-refractivity contribution in [3.8, 4) is 5.75 Å². The van der Waals surface area contributed by atoms with Crippen molar-refractivity contribution >= 4 is 21.9 Å². The van der Waals surface area contributed by atoms with Gasteiger partial charge in [0.1, 0.15) is 11.9 Å². The Morgan fingerprint density at radius 3 is 2.69 bits per heavy atom. The van der Waals surface area contributed by atoms with Crippen molar-refractivity contribution in [2.45, 2.75) is 12.3 Å². The predicted molar refractivity (Wildman–Crippen MR) is 58.2 cm³/mol. The Balaban J connectivity index is 3.06. The summed E-state index contributed by atoms with van der Waals surface area (Å²) in [5, 5.41) is 18.0. The lowest BCUT2D eigenvalue weighted by molar-refractivity contribution is -0.147. The number of aliphatic hydroxyl groups excluding tert-OH is 1. The van der Waals surface area contributed by atoms with Crippen molar-refractivity contribution in [1.29, 1.82) is 0 Å². The van der Waals surface area contributed by atoms with Crippen molar-refractivity contribution in [2.75, 3.05) is 7.11 Å². The molecular formula is C10H10BrFO4. The lowest BCUT2D eigenvalue weighted by atomic mass is 10.1. The Morgan fingerprint density at radius 2 is 2.19 bits per heavy atom. The average Bonchev–Trinajstić information content (AvgIpc) is 2.27. The number of methoxy groups -OCH3 is 1. The highest BCUT2D eigenvalue weighted by Crippen LogP contribution is 2.30. The summed E-state index contributed by atoms with van der Waals surface area (Å²) in [5.74, 6) is -1.29. The number of aliphatic hydroxyl groups is 1. The van der Waals surface area contributed by atoms with E-state index in [-0.39, 0.29) is 5.56 Å². The summed E-state index contributed by atoms with van der Waals surface area (Å²) in [6.45, 7) is 0. The standard InChI is InChI=1S/C10H10BrFO4/c1-16-5-2-3-7(11)6(4-5)9(13)8(12)10(14)15/h2-4,8-9,13H,1H3,(H,14,15). The largest absolute Gasteiger partial charge is 0.497 e.